The summed E-state index contributed by atoms with van der Waals surface area (Å²) in [5, 5.41) is 2.68. The van der Waals surface area contributed by atoms with E-state index in [1.165, 1.54) is 12.5 Å². The highest BCUT2D eigenvalue weighted by Crippen LogP contribution is 2.13. The van der Waals surface area contributed by atoms with Gasteiger partial charge in [-0.05, 0) is 61.7 Å². The van der Waals surface area contributed by atoms with E-state index < -0.39 is 27.8 Å². The van der Waals surface area contributed by atoms with Gasteiger partial charge in [-0.15, -0.1) is 0 Å². The molecule has 0 saturated heterocycles. The summed E-state index contributed by atoms with van der Waals surface area (Å²) in [6, 6.07) is 10.9. The Labute approximate surface area is 153 Å². The fourth-order valence-electron chi connectivity index (χ4n) is 2.35. The van der Waals surface area contributed by atoms with Gasteiger partial charge in [0.25, 0.3) is 0 Å². The highest BCUT2D eigenvalue weighted by atomic mass is 32.2. The fourth-order valence-corrected chi connectivity index (χ4v) is 3.56. The van der Waals surface area contributed by atoms with Crippen LogP contribution in [0.5, 0.6) is 0 Å². The molecule has 0 heterocycles. The molecule has 0 bridgehead atoms. The van der Waals surface area contributed by atoms with Crippen molar-refractivity contribution in [3.63, 3.8) is 0 Å². The lowest BCUT2D eigenvalue weighted by Crippen LogP contribution is -2.41. The Morgan fingerprint density at radius 1 is 1.08 bits per heavy atom. The van der Waals surface area contributed by atoms with Gasteiger partial charge >= 0.3 is 0 Å². The van der Waals surface area contributed by atoms with E-state index in [9.17, 15) is 17.6 Å². The second-order valence-corrected chi connectivity index (χ2v) is 7.80. The molecule has 0 aliphatic carbocycles. The molecule has 7 heteroatoms. The molecule has 2 rings (SSSR count). The van der Waals surface area contributed by atoms with Crippen molar-refractivity contribution >= 4 is 21.6 Å². The van der Waals surface area contributed by atoms with Gasteiger partial charge < -0.3 is 5.32 Å². The van der Waals surface area contributed by atoms with E-state index in [0.717, 1.165) is 43.5 Å². The SMILES string of the molecule is CCCCc1ccc(NC(=O)C(C)NS(=O)(=O)c2ccc(F)cc2)cc1. The molecule has 2 aromatic rings. The number of nitrogens with one attached hydrogen (secondary N) is 2. The first kappa shape index (κ1) is 20.1. The van der Waals surface area contributed by atoms with Crippen LogP contribution in [-0.4, -0.2) is 20.4 Å². The maximum absolute atomic E-state index is 12.9. The Kier molecular flexibility index (Phi) is 6.88. The third kappa shape index (κ3) is 5.64. The van der Waals surface area contributed by atoms with Crippen LogP contribution >= 0.6 is 0 Å². The highest BCUT2D eigenvalue weighted by molar-refractivity contribution is 7.89. The van der Waals surface area contributed by atoms with Gasteiger partial charge in [0.05, 0.1) is 10.9 Å². The van der Waals surface area contributed by atoms with Crippen LogP contribution in [0.25, 0.3) is 0 Å². The number of halogens is 1. The van der Waals surface area contributed by atoms with Crippen molar-refractivity contribution in [2.75, 3.05) is 5.32 Å². The summed E-state index contributed by atoms with van der Waals surface area (Å²) >= 11 is 0. The Hall–Kier alpha value is -2.25. The monoisotopic (exact) mass is 378 g/mol. The Balaban J connectivity index is 1.97. The van der Waals surface area contributed by atoms with Crippen LogP contribution in [0.4, 0.5) is 10.1 Å². The third-order valence-corrected chi connectivity index (χ3v) is 5.45. The summed E-state index contributed by atoms with van der Waals surface area (Å²) in [7, 11) is -3.91. The number of sulfonamides is 1. The van der Waals surface area contributed by atoms with E-state index in [4.69, 9.17) is 0 Å². The van der Waals surface area contributed by atoms with Crippen LogP contribution in [-0.2, 0) is 21.2 Å². The number of carbonyl (C=O) groups excluding carboxylic acids is 1. The molecular weight excluding hydrogens is 355 g/mol. The molecule has 0 spiro atoms. The molecule has 0 saturated carbocycles. The first-order chi connectivity index (χ1) is 12.3. The van der Waals surface area contributed by atoms with Crippen molar-refractivity contribution in [2.24, 2.45) is 0 Å². The fraction of sp³-hybridized carbons (Fsp3) is 0.316. The van der Waals surface area contributed by atoms with Gasteiger partial charge in [-0.2, -0.15) is 4.72 Å². The quantitative estimate of drug-likeness (QED) is 0.738. The van der Waals surface area contributed by atoms with Crippen molar-refractivity contribution < 1.29 is 17.6 Å². The maximum atomic E-state index is 12.9. The lowest BCUT2D eigenvalue weighted by Gasteiger charge is -2.15. The molecule has 26 heavy (non-hydrogen) atoms. The highest BCUT2D eigenvalue weighted by Gasteiger charge is 2.22. The normalized spacial score (nSPS) is 12.6. The Morgan fingerprint density at radius 2 is 1.69 bits per heavy atom. The van der Waals surface area contributed by atoms with E-state index in [-0.39, 0.29) is 4.90 Å². The molecule has 1 atom stereocenters. The van der Waals surface area contributed by atoms with Crippen molar-refractivity contribution in [2.45, 2.75) is 44.0 Å². The zero-order chi connectivity index (χ0) is 19.2. The molecule has 0 aromatic heterocycles. The summed E-state index contributed by atoms with van der Waals surface area (Å²) in [5.74, 6) is -1.01. The van der Waals surface area contributed by atoms with Gasteiger partial charge in [0.1, 0.15) is 5.82 Å². The van der Waals surface area contributed by atoms with Gasteiger partial charge in [0, 0.05) is 5.69 Å². The Morgan fingerprint density at radius 3 is 2.27 bits per heavy atom. The van der Waals surface area contributed by atoms with Crippen LogP contribution in [0.15, 0.2) is 53.4 Å². The molecule has 1 amide bonds. The van der Waals surface area contributed by atoms with Gasteiger partial charge in [0.2, 0.25) is 15.9 Å². The lowest BCUT2D eigenvalue weighted by atomic mass is 10.1. The van der Waals surface area contributed by atoms with Crippen LogP contribution in [0.3, 0.4) is 0 Å². The molecule has 2 aromatic carbocycles. The zero-order valence-corrected chi connectivity index (χ0v) is 15.6. The minimum Gasteiger partial charge on any atom is -0.325 e. The summed E-state index contributed by atoms with van der Waals surface area (Å²) in [5.41, 5.74) is 1.79. The molecule has 140 valence electrons. The van der Waals surface area contributed by atoms with Gasteiger partial charge in [-0.25, -0.2) is 12.8 Å². The largest absolute Gasteiger partial charge is 0.325 e. The van der Waals surface area contributed by atoms with E-state index >= 15 is 0 Å². The standard InChI is InChI=1S/C19H23FN2O3S/c1-3-4-5-15-6-10-17(11-7-15)21-19(23)14(2)22-26(24,25)18-12-8-16(20)9-13-18/h6-14,22H,3-5H2,1-2H3,(H,21,23). The van der Waals surface area contributed by atoms with Gasteiger partial charge in [-0.3, -0.25) is 4.79 Å². The lowest BCUT2D eigenvalue weighted by molar-refractivity contribution is -0.117. The number of carbonyl (C=O) groups is 1. The number of aryl methyl sites for hydroxylation is 1. The third-order valence-electron chi connectivity index (χ3n) is 3.89. The molecule has 0 aliphatic rings. The van der Waals surface area contributed by atoms with Crippen molar-refractivity contribution in [3.05, 3.63) is 59.9 Å². The maximum Gasteiger partial charge on any atom is 0.242 e. The average Bonchev–Trinajstić information content (AvgIpc) is 2.61. The van der Waals surface area contributed by atoms with E-state index in [0.29, 0.717) is 5.69 Å². The second-order valence-electron chi connectivity index (χ2n) is 6.09. The van der Waals surface area contributed by atoms with Gasteiger partial charge in [0.15, 0.2) is 0 Å². The first-order valence-electron chi connectivity index (χ1n) is 8.49. The molecular formula is C19H23FN2O3S. The van der Waals surface area contributed by atoms with Crippen LogP contribution in [0.2, 0.25) is 0 Å². The number of unbranched alkanes of at least 4 members (excludes halogenated alkanes) is 1. The predicted octanol–water partition coefficient (Wildman–Crippen LogP) is 3.47. The number of rotatable bonds is 8. The number of hydrogen-bond acceptors (Lipinski definition) is 3. The topological polar surface area (TPSA) is 75.3 Å². The number of hydrogen-bond donors (Lipinski definition) is 2. The summed E-state index contributed by atoms with van der Waals surface area (Å²) < 4.78 is 39.7. The number of amides is 1. The molecule has 0 radical (unpaired) electrons. The Bertz CT molecular complexity index is 834. The molecule has 1 unspecified atom stereocenters. The summed E-state index contributed by atoms with van der Waals surface area (Å²) in [6.45, 7) is 3.58. The van der Waals surface area contributed by atoms with Crippen molar-refractivity contribution in [3.8, 4) is 0 Å². The minimum atomic E-state index is -3.91. The predicted molar refractivity (Wildman–Crippen MR) is 99.9 cm³/mol. The molecule has 2 N–H and O–H groups in total. The second kappa shape index (κ2) is 8.91. The van der Waals surface area contributed by atoms with Crippen LogP contribution in [0.1, 0.15) is 32.3 Å². The van der Waals surface area contributed by atoms with Crippen LogP contribution in [0, 0.1) is 5.82 Å². The van der Waals surface area contributed by atoms with Gasteiger partial charge in [-0.1, -0.05) is 25.5 Å². The van der Waals surface area contributed by atoms with E-state index in [1.54, 1.807) is 12.1 Å². The number of benzene rings is 2. The smallest absolute Gasteiger partial charge is 0.242 e. The summed E-state index contributed by atoms with van der Waals surface area (Å²) in [6.07, 6.45) is 3.21. The zero-order valence-electron chi connectivity index (χ0n) is 14.8. The van der Waals surface area contributed by atoms with Crippen molar-refractivity contribution in [1.82, 2.24) is 4.72 Å². The summed E-state index contributed by atoms with van der Waals surface area (Å²) in [4.78, 5) is 12.1. The first-order valence-corrected chi connectivity index (χ1v) is 9.98. The molecule has 5 nitrogen and oxygen atoms in total. The van der Waals surface area contributed by atoms with Crippen molar-refractivity contribution in [1.29, 1.82) is 0 Å². The van der Waals surface area contributed by atoms with Crippen LogP contribution < -0.4 is 10.0 Å². The number of anilines is 1. The molecule has 0 fully saturated rings. The van der Waals surface area contributed by atoms with E-state index in [2.05, 4.69) is 17.0 Å². The average molecular weight is 378 g/mol. The van der Waals surface area contributed by atoms with E-state index in [1.807, 2.05) is 12.1 Å². The minimum absolute atomic E-state index is 0.0983. The molecule has 0 aliphatic heterocycles.